The summed E-state index contributed by atoms with van der Waals surface area (Å²) in [5.74, 6) is -1.82. The number of piperidine rings is 2. The van der Waals surface area contributed by atoms with E-state index in [-0.39, 0.29) is 35.9 Å². The SMILES string of the molecule is CC12CCC(C(OC(CCC(=O)O)C(=O)O)C1)C(C)(C)N2. The van der Waals surface area contributed by atoms with E-state index in [2.05, 4.69) is 26.1 Å². The maximum absolute atomic E-state index is 11.3. The maximum atomic E-state index is 11.3. The predicted octanol–water partition coefficient (Wildman–Crippen LogP) is 1.63. The summed E-state index contributed by atoms with van der Waals surface area (Å²) < 4.78 is 5.84. The van der Waals surface area contributed by atoms with Crippen LogP contribution < -0.4 is 5.32 Å². The summed E-state index contributed by atoms with van der Waals surface area (Å²) >= 11 is 0. The van der Waals surface area contributed by atoms with Crippen molar-refractivity contribution in [2.24, 2.45) is 5.92 Å². The topological polar surface area (TPSA) is 95.9 Å². The summed E-state index contributed by atoms with van der Waals surface area (Å²) in [5.41, 5.74) is -0.121. The van der Waals surface area contributed by atoms with Gasteiger partial charge in [0.2, 0.25) is 0 Å². The zero-order chi connectivity index (χ0) is 15.8. The van der Waals surface area contributed by atoms with Gasteiger partial charge in [0, 0.05) is 23.4 Å². The number of carboxylic acid groups (broad SMARTS) is 2. The van der Waals surface area contributed by atoms with Gasteiger partial charge in [-0.2, -0.15) is 0 Å². The molecule has 3 N–H and O–H groups in total. The number of ether oxygens (including phenoxy) is 1. The molecule has 3 aliphatic rings. The quantitative estimate of drug-likeness (QED) is 0.690. The Morgan fingerprint density at radius 1 is 1.33 bits per heavy atom. The van der Waals surface area contributed by atoms with Crippen molar-refractivity contribution in [3.05, 3.63) is 0 Å². The zero-order valence-electron chi connectivity index (χ0n) is 12.9. The van der Waals surface area contributed by atoms with Crippen LogP contribution in [0.3, 0.4) is 0 Å². The summed E-state index contributed by atoms with van der Waals surface area (Å²) in [7, 11) is 0. The second kappa shape index (κ2) is 5.57. The van der Waals surface area contributed by atoms with E-state index in [1.807, 2.05) is 0 Å². The van der Waals surface area contributed by atoms with Crippen LogP contribution in [0.2, 0.25) is 0 Å². The molecule has 2 saturated heterocycles. The van der Waals surface area contributed by atoms with Crippen LogP contribution in [-0.4, -0.2) is 45.4 Å². The van der Waals surface area contributed by atoms with Crippen LogP contribution in [0, 0.1) is 5.92 Å². The Hall–Kier alpha value is -1.14. The molecule has 3 rings (SSSR count). The van der Waals surface area contributed by atoms with Crippen molar-refractivity contribution >= 4 is 11.9 Å². The van der Waals surface area contributed by atoms with Crippen molar-refractivity contribution in [3.8, 4) is 0 Å². The lowest BCUT2D eigenvalue weighted by molar-refractivity contribution is -0.172. The average Bonchev–Trinajstić information content (AvgIpc) is 2.31. The first-order chi connectivity index (χ1) is 9.63. The zero-order valence-corrected chi connectivity index (χ0v) is 12.9. The van der Waals surface area contributed by atoms with Gasteiger partial charge in [0.05, 0.1) is 6.10 Å². The first kappa shape index (κ1) is 16.2. The molecule has 2 bridgehead atoms. The molecule has 4 unspecified atom stereocenters. The van der Waals surface area contributed by atoms with Gasteiger partial charge in [-0.15, -0.1) is 0 Å². The average molecular weight is 299 g/mol. The van der Waals surface area contributed by atoms with Gasteiger partial charge >= 0.3 is 11.9 Å². The largest absolute Gasteiger partial charge is 0.481 e. The number of hydrogen-bond donors (Lipinski definition) is 3. The lowest BCUT2D eigenvalue weighted by Gasteiger charge is -2.58. The number of fused-ring (bicyclic) bond motifs is 3. The van der Waals surface area contributed by atoms with Gasteiger partial charge < -0.3 is 20.3 Å². The molecule has 0 radical (unpaired) electrons. The molecule has 1 aliphatic carbocycles. The Balaban J connectivity index is 2.06. The molecule has 6 nitrogen and oxygen atoms in total. The lowest BCUT2D eigenvalue weighted by Crippen LogP contribution is -2.70. The maximum Gasteiger partial charge on any atom is 0.332 e. The van der Waals surface area contributed by atoms with Gasteiger partial charge in [-0.3, -0.25) is 4.79 Å². The highest BCUT2D eigenvalue weighted by Gasteiger charge is 2.53. The molecule has 2 aliphatic heterocycles. The van der Waals surface area contributed by atoms with Crippen molar-refractivity contribution in [2.45, 2.75) is 76.2 Å². The third-order valence-electron chi connectivity index (χ3n) is 4.89. The van der Waals surface area contributed by atoms with Crippen LogP contribution in [0.15, 0.2) is 0 Å². The fourth-order valence-electron chi connectivity index (χ4n) is 4.02. The summed E-state index contributed by atoms with van der Waals surface area (Å²) in [6, 6.07) is 0. The molecule has 0 spiro atoms. The molecule has 0 aromatic heterocycles. The fourth-order valence-corrected chi connectivity index (χ4v) is 4.02. The summed E-state index contributed by atoms with van der Waals surface area (Å²) in [5, 5.41) is 21.6. The molecule has 2 heterocycles. The number of hydrogen-bond acceptors (Lipinski definition) is 4. The molecular weight excluding hydrogens is 274 g/mol. The second-order valence-corrected chi connectivity index (χ2v) is 7.19. The van der Waals surface area contributed by atoms with Gasteiger partial charge in [-0.1, -0.05) is 0 Å². The number of nitrogens with one attached hydrogen (secondary N) is 1. The van der Waals surface area contributed by atoms with Gasteiger partial charge in [0.1, 0.15) is 0 Å². The van der Waals surface area contributed by atoms with Gasteiger partial charge in [-0.05, 0) is 46.5 Å². The minimum Gasteiger partial charge on any atom is -0.481 e. The van der Waals surface area contributed by atoms with E-state index in [4.69, 9.17) is 9.84 Å². The van der Waals surface area contributed by atoms with E-state index in [0.29, 0.717) is 0 Å². The molecule has 3 fully saturated rings. The third-order valence-corrected chi connectivity index (χ3v) is 4.89. The van der Waals surface area contributed by atoms with Crippen LogP contribution in [0.25, 0.3) is 0 Å². The van der Waals surface area contributed by atoms with Crippen LogP contribution in [-0.2, 0) is 14.3 Å². The van der Waals surface area contributed by atoms with Crippen LogP contribution in [0.5, 0.6) is 0 Å². The van der Waals surface area contributed by atoms with Gasteiger partial charge in [0.15, 0.2) is 6.10 Å². The van der Waals surface area contributed by atoms with E-state index in [9.17, 15) is 14.7 Å². The molecule has 0 aromatic carbocycles. The number of carboxylic acids is 2. The van der Waals surface area contributed by atoms with Gasteiger partial charge in [-0.25, -0.2) is 4.79 Å². The molecule has 6 heteroatoms. The van der Waals surface area contributed by atoms with E-state index in [0.717, 1.165) is 19.3 Å². The van der Waals surface area contributed by atoms with Crippen LogP contribution in [0.4, 0.5) is 0 Å². The van der Waals surface area contributed by atoms with E-state index in [1.54, 1.807) is 0 Å². The van der Waals surface area contributed by atoms with Crippen molar-refractivity contribution in [1.29, 1.82) is 0 Å². The van der Waals surface area contributed by atoms with Crippen molar-refractivity contribution in [1.82, 2.24) is 5.32 Å². The molecule has 0 aromatic rings. The molecular formula is C15H25NO5. The number of aliphatic carboxylic acids is 2. The fraction of sp³-hybridized carbons (Fsp3) is 0.867. The summed E-state index contributed by atoms with van der Waals surface area (Å²) in [6.45, 7) is 6.39. The Morgan fingerprint density at radius 2 is 2.00 bits per heavy atom. The van der Waals surface area contributed by atoms with Gasteiger partial charge in [0.25, 0.3) is 0 Å². The summed E-state index contributed by atoms with van der Waals surface area (Å²) in [6.07, 6.45) is 1.50. The minimum atomic E-state index is -1.08. The van der Waals surface area contributed by atoms with E-state index < -0.39 is 18.0 Å². The van der Waals surface area contributed by atoms with E-state index in [1.165, 1.54) is 0 Å². The number of carbonyl (C=O) groups is 2. The van der Waals surface area contributed by atoms with E-state index >= 15 is 0 Å². The number of rotatable bonds is 6. The third kappa shape index (κ3) is 3.55. The first-order valence-electron chi connectivity index (χ1n) is 7.52. The standard InChI is InChI=1S/C15H25NO5/c1-14(2)9-6-7-15(3,16-14)8-11(9)21-10(13(19)20)4-5-12(17)18/h9-11,16H,4-8H2,1-3H3,(H,17,18)(H,19,20). The molecule has 4 atom stereocenters. The predicted molar refractivity (Wildman–Crippen MR) is 76.1 cm³/mol. The Morgan fingerprint density at radius 3 is 2.48 bits per heavy atom. The first-order valence-corrected chi connectivity index (χ1v) is 7.52. The second-order valence-electron chi connectivity index (χ2n) is 7.19. The molecule has 0 amide bonds. The highest BCUT2D eigenvalue weighted by molar-refractivity contribution is 5.74. The molecule has 1 saturated carbocycles. The Kier molecular flexibility index (Phi) is 4.31. The highest BCUT2D eigenvalue weighted by atomic mass is 16.5. The summed E-state index contributed by atoms with van der Waals surface area (Å²) in [4.78, 5) is 21.9. The molecule has 21 heavy (non-hydrogen) atoms. The van der Waals surface area contributed by atoms with Crippen molar-refractivity contribution < 1.29 is 24.5 Å². The highest BCUT2D eigenvalue weighted by Crippen LogP contribution is 2.46. The lowest BCUT2D eigenvalue weighted by atomic mass is 9.62. The van der Waals surface area contributed by atoms with Crippen LogP contribution in [0.1, 0.15) is 52.9 Å². The monoisotopic (exact) mass is 299 g/mol. The Labute approximate surface area is 124 Å². The van der Waals surface area contributed by atoms with Crippen LogP contribution >= 0.6 is 0 Å². The van der Waals surface area contributed by atoms with Crippen molar-refractivity contribution in [3.63, 3.8) is 0 Å². The minimum absolute atomic E-state index is 0.0124. The van der Waals surface area contributed by atoms with Crippen molar-refractivity contribution in [2.75, 3.05) is 0 Å². The smallest absolute Gasteiger partial charge is 0.332 e. The normalized spacial score (nSPS) is 35.4. The Bertz CT molecular complexity index is 433. The molecule has 120 valence electrons.